The van der Waals surface area contributed by atoms with Crippen LogP contribution in [0.3, 0.4) is 0 Å². The summed E-state index contributed by atoms with van der Waals surface area (Å²) in [6.07, 6.45) is -1.73. The van der Waals surface area contributed by atoms with Crippen LogP contribution in [0.5, 0.6) is 0 Å². The fourth-order valence-electron chi connectivity index (χ4n) is 0.0304. The van der Waals surface area contributed by atoms with E-state index in [4.69, 9.17) is 9.90 Å². The molecule has 0 bridgehead atoms. The van der Waals surface area contributed by atoms with E-state index in [2.05, 4.69) is 3.66 Å². The molecule has 0 aliphatic heterocycles. The van der Waals surface area contributed by atoms with Crippen LogP contribution in [0.4, 0.5) is 4.79 Å². The van der Waals surface area contributed by atoms with E-state index in [-0.39, 0.29) is 6.15 Å². The quantitative estimate of drug-likeness (QED) is 0.514. The Hall–Kier alpha value is -0.386. The Kier molecular flexibility index (Phi) is 7.85. The second-order valence-corrected chi connectivity index (χ2v) is 0.934. The second-order valence-electron chi connectivity index (χ2n) is 0.416. The van der Waals surface area contributed by atoms with Crippen LogP contribution in [0.15, 0.2) is 0 Å². The Labute approximate surface area is 46.9 Å². The fraction of sp³-hybridized carbons (Fsp3) is 0. The zero-order chi connectivity index (χ0) is 4.99. The van der Waals surface area contributed by atoms with Gasteiger partial charge in [0.05, 0.1) is 0 Å². The van der Waals surface area contributed by atoms with Crippen LogP contribution in [0, 0.1) is 0 Å². The third kappa shape index (κ3) is 10.7. The van der Waals surface area contributed by atoms with Crippen molar-refractivity contribution in [2.45, 2.75) is 0 Å². The molecule has 6 heteroatoms. The molecule has 0 amide bonds. The van der Waals surface area contributed by atoms with Gasteiger partial charge < -0.3 is 6.15 Å². The summed E-state index contributed by atoms with van der Waals surface area (Å²) >= 11 is -1.73. The number of rotatable bonds is 1. The molecule has 0 radical (unpaired) electrons. The second kappa shape index (κ2) is 5.61. The van der Waals surface area contributed by atoms with E-state index in [1.54, 1.807) is 0 Å². The number of quaternary nitrogens is 1. The van der Waals surface area contributed by atoms with Crippen molar-refractivity contribution in [2.75, 3.05) is 0 Å². The molecule has 7 heavy (non-hydrogen) atoms. The molecule has 0 aromatic carbocycles. The average Bonchev–Trinajstić information content (AvgIpc) is 1.35. The molecule has 4 N–H and O–H groups in total. The van der Waals surface area contributed by atoms with Crippen LogP contribution >= 0.6 is 0 Å². The summed E-state index contributed by atoms with van der Waals surface area (Å²) in [6.45, 7) is 0. The summed E-state index contributed by atoms with van der Waals surface area (Å²) in [4.78, 5) is 9.09. The van der Waals surface area contributed by atoms with Crippen molar-refractivity contribution in [3.8, 4) is 0 Å². The summed E-state index contributed by atoms with van der Waals surface area (Å²) in [5.74, 6) is 0. The molecule has 42 valence electrons. The Morgan fingerprint density at radius 2 is 2.14 bits per heavy atom. The number of carboxylic acid groups (broad SMARTS) is 1. The summed E-state index contributed by atoms with van der Waals surface area (Å²) in [5.41, 5.74) is 0. The number of hydrogen-bond donors (Lipinski definition) is 1. The van der Waals surface area contributed by atoms with Crippen LogP contribution in [0.1, 0.15) is 0 Å². The van der Waals surface area contributed by atoms with E-state index in [0.717, 1.165) is 0 Å². The molecule has 0 saturated carbocycles. The van der Waals surface area contributed by atoms with Crippen molar-refractivity contribution >= 4 is 6.16 Å². The molecule has 0 atom stereocenters. The van der Waals surface area contributed by atoms with Gasteiger partial charge in [0.1, 0.15) is 0 Å². The van der Waals surface area contributed by atoms with Gasteiger partial charge in [-0.2, -0.15) is 0 Å². The molecule has 0 aromatic rings. The summed E-state index contributed by atoms with van der Waals surface area (Å²) in [6, 6.07) is 0. The maximum absolute atomic E-state index is 9.19. The van der Waals surface area contributed by atoms with Gasteiger partial charge in [-0.15, -0.1) is 0 Å². The SMILES string of the molecule is [NH4+].[O]=[V][O]C(=O)[O-]. The van der Waals surface area contributed by atoms with Gasteiger partial charge in [0.2, 0.25) is 0 Å². The number of carbonyl (C=O) groups excluding carboxylic acids is 1. The normalized spacial score (nSPS) is 5.71. The monoisotopic (exact) mass is 145 g/mol. The van der Waals surface area contributed by atoms with Crippen LogP contribution in [0.2, 0.25) is 0 Å². The zero-order valence-electron chi connectivity index (χ0n) is 3.58. The van der Waals surface area contributed by atoms with Gasteiger partial charge in [-0.05, 0) is 0 Å². The molecule has 0 aliphatic rings. The van der Waals surface area contributed by atoms with Crippen molar-refractivity contribution in [3.63, 3.8) is 0 Å². The van der Waals surface area contributed by atoms with E-state index in [1.165, 1.54) is 0 Å². The van der Waals surface area contributed by atoms with Crippen molar-refractivity contribution < 1.29 is 33.8 Å². The van der Waals surface area contributed by atoms with Gasteiger partial charge in [0.15, 0.2) is 0 Å². The van der Waals surface area contributed by atoms with Gasteiger partial charge in [-0.3, -0.25) is 0 Å². The van der Waals surface area contributed by atoms with Crippen molar-refractivity contribution in [2.24, 2.45) is 0 Å². The molecule has 5 nitrogen and oxygen atoms in total. The van der Waals surface area contributed by atoms with Crippen LogP contribution in [-0.2, 0) is 23.9 Å². The first-order valence-electron chi connectivity index (χ1n) is 0.978. The topological polar surface area (TPSA) is 103 Å². The van der Waals surface area contributed by atoms with Gasteiger partial charge in [0, 0.05) is 0 Å². The van der Waals surface area contributed by atoms with Crippen molar-refractivity contribution in [1.82, 2.24) is 6.15 Å². The van der Waals surface area contributed by atoms with E-state index in [1.807, 2.05) is 0 Å². The number of hydrogen-bond acceptors (Lipinski definition) is 4. The van der Waals surface area contributed by atoms with Gasteiger partial charge in [0.25, 0.3) is 0 Å². The van der Waals surface area contributed by atoms with Crippen LogP contribution in [0.25, 0.3) is 0 Å². The Bertz CT molecular complexity index is 72.1. The molecule has 0 rings (SSSR count). The molecule has 0 saturated heterocycles. The zero-order valence-corrected chi connectivity index (χ0v) is 4.98. The molecular formula is CH4NO4V. The minimum atomic E-state index is -1.73. The maximum atomic E-state index is 9.19. The van der Waals surface area contributed by atoms with Crippen molar-refractivity contribution in [1.29, 1.82) is 0 Å². The van der Waals surface area contributed by atoms with Crippen molar-refractivity contribution in [3.05, 3.63) is 0 Å². The molecule has 0 fully saturated rings. The van der Waals surface area contributed by atoms with E-state index >= 15 is 0 Å². The van der Waals surface area contributed by atoms with Gasteiger partial charge in [-0.1, -0.05) is 0 Å². The molecule has 0 unspecified atom stereocenters. The molecule has 0 aromatic heterocycles. The third-order valence-electron chi connectivity index (χ3n) is 0.112. The first-order valence-corrected chi connectivity index (χ1v) is 2.12. The molecule has 0 spiro atoms. The first kappa shape index (κ1) is 9.79. The Morgan fingerprint density at radius 1 is 1.71 bits per heavy atom. The average molecular weight is 145 g/mol. The molecule has 0 heterocycles. The van der Waals surface area contributed by atoms with E-state index in [9.17, 15) is 3.67 Å². The molecular weight excluding hydrogens is 141 g/mol. The minimum absolute atomic E-state index is 0. The fourth-order valence-corrected chi connectivity index (χ4v) is 0.125. The Morgan fingerprint density at radius 3 is 2.14 bits per heavy atom. The van der Waals surface area contributed by atoms with E-state index in [0.29, 0.717) is 0 Å². The first-order chi connectivity index (χ1) is 2.77. The Balaban J connectivity index is 0. The number of carbonyl (C=O) groups is 1. The van der Waals surface area contributed by atoms with Crippen LogP contribution < -0.4 is 11.3 Å². The predicted octanol–water partition coefficient (Wildman–Crippen LogP) is -0.935. The summed E-state index contributed by atoms with van der Waals surface area (Å²) in [5, 5.41) is 9.09. The molecule has 0 aliphatic carbocycles. The summed E-state index contributed by atoms with van der Waals surface area (Å²) < 4.78 is 12.6. The standard InChI is InChI=1S/CH2O3.H3N.O.V/c2-1(3)4;;;/h(H2,2,3,4);1H3;;/q;;;+1/p-1. The predicted molar refractivity (Wildman–Crippen MR) is 13.2 cm³/mol. The van der Waals surface area contributed by atoms with Crippen LogP contribution in [-0.4, -0.2) is 6.16 Å². The summed E-state index contributed by atoms with van der Waals surface area (Å²) in [7, 11) is 0. The van der Waals surface area contributed by atoms with E-state index < -0.39 is 22.7 Å². The third-order valence-corrected chi connectivity index (χ3v) is 0.461. The van der Waals surface area contributed by atoms with Gasteiger partial charge in [-0.25, -0.2) is 0 Å². The van der Waals surface area contributed by atoms with Gasteiger partial charge >= 0.3 is 40.0 Å².